The van der Waals surface area contributed by atoms with Gasteiger partial charge in [0.05, 0.1) is 6.04 Å². The Morgan fingerprint density at radius 3 is 2.61 bits per heavy atom. The summed E-state index contributed by atoms with van der Waals surface area (Å²) >= 11 is 0. The number of urea groups is 1. The number of hydrogen-bond donors (Lipinski definition) is 3. The predicted molar refractivity (Wildman–Crippen MR) is 113 cm³/mol. The largest absolute Gasteiger partial charge is 0.350 e. The quantitative estimate of drug-likeness (QED) is 0.621. The average molecular weight is 382 g/mol. The van der Waals surface area contributed by atoms with Crippen molar-refractivity contribution >= 4 is 22.7 Å². The van der Waals surface area contributed by atoms with Crippen LogP contribution in [0.5, 0.6) is 0 Å². The van der Waals surface area contributed by atoms with Gasteiger partial charge in [-0.2, -0.15) is 0 Å². The van der Waals surface area contributed by atoms with Gasteiger partial charge in [0, 0.05) is 19.0 Å². The molecule has 1 aliphatic carbocycles. The molecule has 0 radical (unpaired) electrons. The minimum Gasteiger partial charge on any atom is -0.350 e. The average Bonchev–Trinajstić information content (AvgIpc) is 2.71. The number of benzene rings is 2. The van der Waals surface area contributed by atoms with Crippen LogP contribution in [-0.2, 0) is 4.79 Å². The number of carbonyl (C=O) groups excluding carboxylic acids is 2. The van der Waals surface area contributed by atoms with Crippen LogP contribution in [0.3, 0.4) is 0 Å². The van der Waals surface area contributed by atoms with E-state index in [1.54, 1.807) is 0 Å². The summed E-state index contributed by atoms with van der Waals surface area (Å²) in [5.41, 5.74) is 1.12. The Morgan fingerprint density at radius 2 is 1.79 bits per heavy atom. The molecule has 1 aliphatic rings. The molecule has 1 saturated carbocycles. The minimum absolute atomic E-state index is 0.00919. The van der Waals surface area contributed by atoms with Crippen molar-refractivity contribution < 1.29 is 9.59 Å². The molecule has 3 rings (SSSR count). The number of hydrogen-bond acceptors (Lipinski definition) is 2. The molecule has 0 aromatic heterocycles. The van der Waals surface area contributed by atoms with Gasteiger partial charge < -0.3 is 16.0 Å². The molecule has 0 aliphatic heterocycles. The number of fused-ring (bicyclic) bond motifs is 1. The summed E-state index contributed by atoms with van der Waals surface area (Å²) in [4.78, 5) is 24.2. The number of carbonyl (C=O) groups is 2. The molecular weight excluding hydrogens is 350 g/mol. The molecule has 150 valence electrons. The van der Waals surface area contributed by atoms with Gasteiger partial charge in [0.25, 0.3) is 0 Å². The molecule has 5 nitrogen and oxygen atoms in total. The number of nitrogens with one attached hydrogen (secondary N) is 3. The molecule has 2 aromatic carbocycles. The Labute approximate surface area is 167 Å². The molecule has 0 saturated heterocycles. The van der Waals surface area contributed by atoms with Gasteiger partial charge in [-0.05, 0) is 42.5 Å². The van der Waals surface area contributed by atoms with Crippen LogP contribution in [0.2, 0.25) is 0 Å². The Hall–Kier alpha value is -2.56. The van der Waals surface area contributed by atoms with E-state index < -0.39 is 0 Å². The lowest BCUT2D eigenvalue weighted by molar-refractivity contribution is -0.121. The lowest BCUT2D eigenvalue weighted by Gasteiger charge is -2.22. The van der Waals surface area contributed by atoms with Crippen LogP contribution in [0.4, 0.5) is 4.79 Å². The van der Waals surface area contributed by atoms with Gasteiger partial charge in [-0.25, -0.2) is 4.79 Å². The molecule has 1 fully saturated rings. The van der Waals surface area contributed by atoms with E-state index in [4.69, 9.17) is 0 Å². The second-order valence-electron chi connectivity index (χ2n) is 7.70. The molecule has 28 heavy (non-hydrogen) atoms. The highest BCUT2D eigenvalue weighted by Crippen LogP contribution is 2.24. The molecule has 3 N–H and O–H groups in total. The van der Waals surface area contributed by atoms with E-state index in [-0.39, 0.29) is 18.0 Å². The van der Waals surface area contributed by atoms with Gasteiger partial charge in [0.1, 0.15) is 0 Å². The van der Waals surface area contributed by atoms with Crippen molar-refractivity contribution in [3.63, 3.8) is 0 Å². The molecule has 1 unspecified atom stereocenters. The van der Waals surface area contributed by atoms with Gasteiger partial charge >= 0.3 is 6.03 Å². The maximum Gasteiger partial charge on any atom is 0.315 e. The van der Waals surface area contributed by atoms with Crippen molar-refractivity contribution in [1.29, 1.82) is 0 Å². The van der Waals surface area contributed by atoms with Gasteiger partial charge in [0.15, 0.2) is 0 Å². The van der Waals surface area contributed by atoms with Crippen molar-refractivity contribution in [2.24, 2.45) is 0 Å². The molecule has 2 aromatic rings. The molecule has 0 heterocycles. The lowest BCUT2D eigenvalue weighted by Crippen LogP contribution is -2.43. The highest BCUT2D eigenvalue weighted by molar-refractivity contribution is 5.86. The SMILES string of the molecule is CC(NC(=O)CCCNC(=O)NC1CCCCC1)c1cccc2ccccc12. The third kappa shape index (κ3) is 5.72. The normalized spacial score (nSPS) is 15.8. The molecule has 1 atom stereocenters. The first-order chi connectivity index (χ1) is 13.6. The van der Waals surface area contributed by atoms with Crippen LogP contribution in [0.15, 0.2) is 42.5 Å². The minimum atomic E-state index is -0.114. The summed E-state index contributed by atoms with van der Waals surface area (Å²) in [7, 11) is 0. The maximum atomic E-state index is 12.3. The zero-order valence-corrected chi connectivity index (χ0v) is 16.7. The van der Waals surface area contributed by atoms with E-state index in [2.05, 4.69) is 40.2 Å². The van der Waals surface area contributed by atoms with Crippen molar-refractivity contribution in [3.05, 3.63) is 48.0 Å². The van der Waals surface area contributed by atoms with Gasteiger partial charge in [-0.15, -0.1) is 0 Å². The molecule has 5 heteroatoms. The zero-order valence-electron chi connectivity index (χ0n) is 16.7. The number of rotatable bonds is 7. The standard InChI is InChI=1S/C23H31N3O2/c1-17(20-14-7-10-18-9-5-6-13-21(18)20)25-22(27)15-8-16-24-23(28)26-19-11-3-2-4-12-19/h5-7,9-10,13-14,17,19H,2-4,8,11-12,15-16H2,1H3,(H,25,27)(H2,24,26,28). The molecule has 0 bridgehead atoms. The van der Waals surface area contributed by atoms with Gasteiger partial charge in [0.2, 0.25) is 5.91 Å². The third-order valence-electron chi connectivity index (χ3n) is 5.47. The van der Waals surface area contributed by atoms with Crippen molar-refractivity contribution in [2.75, 3.05) is 6.54 Å². The van der Waals surface area contributed by atoms with Crippen LogP contribution in [0, 0.1) is 0 Å². The second kappa shape index (κ2) is 10.1. The van der Waals surface area contributed by atoms with Gasteiger partial charge in [-0.1, -0.05) is 61.7 Å². The summed E-state index contributed by atoms with van der Waals surface area (Å²) in [6.45, 7) is 2.52. The fraction of sp³-hybridized carbons (Fsp3) is 0.478. The lowest BCUT2D eigenvalue weighted by atomic mass is 9.96. The Balaban J connectivity index is 1.38. The van der Waals surface area contributed by atoms with Crippen molar-refractivity contribution in [3.8, 4) is 0 Å². The smallest absolute Gasteiger partial charge is 0.315 e. The van der Waals surface area contributed by atoms with Crippen LogP contribution in [0.25, 0.3) is 10.8 Å². The first-order valence-electron chi connectivity index (χ1n) is 10.4. The second-order valence-corrected chi connectivity index (χ2v) is 7.70. The summed E-state index contributed by atoms with van der Waals surface area (Å²) in [5, 5.41) is 11.3. The van der Waals surface area contributed by atoms with Gasteiger partial charge in [-0.3, -0.25) is 4.79 Å². The predicted octanol–water partition coefficient (Wildman–Crippen LogP) is 4.43. The molecule has 3 amide bonds. The van der Waals surface area contributed by atoms with E-state index in [9.17, 15) is 9.59 Å². The Kier molecular flexibility index (Phi) is 7.29. The van der Waals surface area contributed by atoms with E-state index >= 15 is 0 Å². The van der Waals surface area contributed by atoms with Crippen LogP contribution in [-0.4, -0.2) is 24.5 Å². The van der Waals surface area contributed by atoms with E-state index in [0.717, 1.165) is 18.4 Å². The zero-order chi connectivity index (χ0) is 19.8. The first kappa shape index (κ1) is 20.2. The molecule has 0 spiro atoms. The highest BCUT2D eigenvalue weighted by Gasteiger charge is 2.15. The van der Waals surface area contributed by atoms with Crippen molar-refractivity contribution in [1.82, 2.24) is 16.0 Å². The topological polar surface area (TPSA) is 70.2 Å². The summed E-state index contributed by atoms with van der Waals surface area (Å²) in [6, 6.07) is 14.5. The van der Waals surface area contributed by atoms with Crippen LogP contribution >= 0.6 is 0 Å². The summed E-state index contributed by atoms with van der Waals surface area (Å²) in [5.74, 6) is 0.00919. The van der Waals surface area contributed by atoms with Crippen molar-refractivity contribution in [2.45, 2.75) is 64.0 Å². The third-order valence-corrected chi connectivity index (χ3v) is 5.47. The fourth-order valence-electron chi connectivity index (χ4n) is 3.95. The summed E-state index contributed by atoms with van der Waals surface area (Å²) in [6.07, 6.45) is 6.83. The van der Waals surface area contributed by atoms with E-state index in [1.165, 1.54) is 30.0 Å². The first-order valence-corrected chi connectivity index (χ1v) is 10.4. The van der Waals surface area contributed by atoms with E-state index in [0.29, 0.717) is 25.4 Å². The molecular formula is C23H31N3O2. The van der Waals surface area contributed by atoms with Crippen LogP contribution < -0.4 is 16.0 Å². The number of amides is 3. The Bertz CT molecular complexity index is 794. The Morgan fingerprint density at radius 1 is 1.04 bits per heavy atom. The monoisotopic (exact) mass is 381 g/mol. The highest BCUT2D eigenvalue weighted by atomic mass is 16.2. The van der Waals surface area contributed by atoms with Crippen LogP contribution in [0.1, 0.15) is 63.5 Å². The summed E-state index contributed by atoms with van der Waals surface area (Å²) < 4.78 is 0. The maximum absolute atomic E-state index is 12.3. The fourth-order valence-corrected chi connectivity index (χ4v) is 3.95. The van der Waals surface area contributed by atoms with E-state index in [1.807, 2.05) is 25.1 Å².